The smallest absolute Gasteiger partial charge is 0.0757 e. The maximum Gasteiger partial charge on any atom is 0.0757 e. The first-order valence-electron chi connectivity index (χ1n) is 6.98. The van der Waals surface area contributed by atoms with E-state index in [-0.39, 0.29) is 11.7 Å². The molecule has 0 aromatic carbocycles. The average molecular weight is 258 g/mol. The predicted octanol–water partition coefficient (Wildman–Crippen LogP) is 1.50. The highest BCUT2D eigenvalue weighted by atomic mass is 16.5. The van der Waals surface area contributed by atoms with Crippen molar-refractivity contribution in [3.8, 4) is 0 Å². The molecule has 2 atom stereocenters. The van der Waals surface area contributed by atoms with Gasteiger partial charge in [-0.05, 0) is 20.8 Å². The summed E-state index contributed by atoms with van der Waals surface area (Å²) in [6, 6.07) is 0.929. The van der Waals surface area contributed by atoms with Crippen molar-refractivity contribution in [1.82, 2.24) is 10.2 Å². The molecule has 4 heteroatoms. The first-order valence-corrected chi connectivity index (χ1v) is 6.98. The Morgan fingerprint density at radius 2 is 2.11 bits per heavy atom. The number of morpholine rings is 1. The van der Waals surface area contributed by atoms with E-state index in [1.165, 1.54) is 0 Å². The number of nitrogens with zero attached hydrogens (tertiary/aromatic N) is 1. The molecule has 0 aromatic heterocycles. The van der Waals surface area contributed by atoms with Crippen molar-refractivity contribution < 1.29 is 9.47 Å². The Balaban J connectivity index is 2.60. The first-order chi connectivity index (χ1) is 8.34. The summed E-state index contributed by atoms with van der Waals surface area (Å²) in [5.74, 6) is 0. The zero-order valence-electron chi connectivity index (χ0n) is 12.8. The molecular formula is C14H30N2O2. The Bertz CT molecular complexity index is 244. The quantitative estimate of drug-likeness (QED) is 0.783. The largest absolute Gasteiger partial charge is 0.383 e. The van der Waals surface area contributed by atoms with Crippen LogP contribution in [0.2, 0.25) is 0 Å². The number of hydrogen-bond acceptors (Lipinski definition) is 4. The molecule has 1 aliphatic heterocycles. The Morgan fingerprint density at radius 3 is 2.61 bits per heavy atom. The number of hydrogen-bond donors (Lipinski definition) is 1. The second kappa shape index (κ2) is 6.85. The number of methoxy groups -OCH3 is 1. The topological polar surface area (TPSA) is 33.7 Å². The van der Waals surface area contributed by atoms with E-state index in [1.807, 2.05) is 0 Å². The van der Waals surface area contributed by atoms with Gasteiger partial charge in [-0.3, -0.25) is 4.90 Å². The summed E-state index contributed by atoms with van der Waals surface area (Å²) >= 11 is 0. The van der Waals surface area contributed by atoms with E-state index in [2.05, 4.69) is 44.8 Å². The van der Waals surface area contributed by atoms with Crippen LogP contribution in [0.1, 0.15) is 34.6 Å². The monoisotopic (exact) mass is 258 g/mol. The van der Waals surface area contributed by atoms with Gasteiger partial charge in [0.05, 0.1) is 18.3 Å². The lowest BCUT2D eigenvalue weighted by Crippen LogP contribution is -2.58. The predicted molar refractivity (Wildman–Crippen MR) is 75.0 cm³/mol. The third-order valence-electron chi connectivity index (χ3n) is 3.23. The molecule has 0 aliphatic carbocycles. The van der Waals surface area contributed by atoms with E-state index in [4.69, 9.17) is 9.47 Å². The highest BCUT2D eigenvalue weighted by Gasteiger charge is 2.34. The second-order valence-electron chi connectivity index (χ2n) is 6.29. The fourth-order valence-corrected chi connectivity index (χ4v) is 2.64. The highest BCUT2D eigenvalue weighted by molar-refractivity contribution is 4.87. The summed E-state index contributed by atoms with van der Waals surface area (Å²) in [6.07, 6.45) is 0.284. The van der Waals surface area contributed by atoms with Gasteiger partial charge in [0.25, 0.3) is 0 Å². The molecule has 0 amide bonds. The molecule has 1 aliphatic rings. The van der Waals surface area contributed by atoms with E-state index < -0.39 is 0 Å². The van der Waals surface area contributed by atoms with Gasteiger partial charge >= 0.3 is 0 Å². The normalized spacial score (nSPS) is 26.5. The molecule has 0 bridgehead atoms. The summed E-state index contributed by atoms with van der Waals surface area (Å²) < 4.78 is 11.3. The molecule has 1 N–H and O–H groups in total. The molecule has 18 heavy (non-hydrogen) atoms. The molecule has 108 valence electrons. The van der Waals surface area contributed by atoms with Gasteiger partial charge in [-0.2, -0.15) is 0 Å². The summed E-state index contributed by atoms with van der Waals surface area (Å²) in [4.78, 5) is 2.49. The van der Waals surface area contributed by atoms with Crippen molar-refractivity contribution in [2.45, 2.75) is 58.4 Å². The SMILES string of the molecule is COCC(CNC(C)C)N1CC(C)OC(C)(C)C1. The Hall–Kier alpha value is -0.160. The van der Waals surface area contributed by atoms with Gasteiger partial charge < -0.3 is 14.8 Å². The van der Waals surface area contributed by atoms with Crippen molar-refractivity contribution in [3.63, 3.8) is 0 Å². The maximum absolute atomic E-state index is 5.95. The lowest BCUT2D eigenvalue weighted by Gasteiger charge is -2.45. The van der Waals surface area contributed by atoms with Crippen LogP contribution in [-0.2, 0) is 9.47 Å². The van der Waals surface area contributed by atoms with Crippen LogP contribution in [0.25, 0.3) is 0 Å². The van der Waals surface area contributed by atoms with Gasteiger partial charge in [-0.25, -0.2) is 0 Å². The van der Waals surface area contributed by atoms with Crippen molar-refractivity contribution in [2.24, 2.45) is 0 Å². The Morgan fingerprint density at radius 1 is 1.44 bits per heavy atom. The van der Waals surface area contributed by atoms with E-state index >= 15 is 0 Å². The minimum Gasteiger partial charge on any atom is -0.383 e. The van der Waals surface area contributed by atoms with Crippen LogP contribution in [0.3, 0.4) is 0 Å². The molecule has 2 unspecified atom stereocenters. The van der Waals surface area contributed by atoms with E-state index in [9.17, 15) is 0 Å². The number of rotatable bonds is 6. The molecule has 0 saturated carbocycles. The van der Waals surface area contributed by atoms with Crippen molar-refractivity contribution in [1.29, 1.82) is 0 Å². The summed E-state index contributed by atoms with van der Waals surface area (Å²) in [7, 11) is 1.78. The van der Waals surface area contributed by atoms with Crippen molar-refractivity contribution in [3.05, 3.63) is 0 Å². The standard InChI is InChI=1S/C14H30N2O2/c1-11(2)15-7-13(9-17-6)16-8-12(3)18-14(4,5)10-16/h11-13,15H,7-10H2,1-6H3. The first kappa shape index (κ1) is 15.9. The lowest BCUT2D eigenvalue weighted by molar-refractivity contribution is -0.141. The third-order valence-corrected chi connectivity index (χ3v) is 3.23. The van der Waals surface area contributed by atoms with Crippen LogP contribution in [0, 0.1) is 0 Å². The van der Waals surface area contributed by atoms with Gasteiger partial charge in [-0.1, -0.05) is 13.8 Å². The van der Waals surface area contributed by atoms with E-state index in [0.29, 0.717) is 12.1 Å². The van der Waals surface area contributed by atoms with Crippen LogP contribution < -0.4 is 5.32 Å². The molecular weight excluding hydrogens is 228 g/mol. The lowest BCUT2D eigenvalue weighted by atomic mass is 10.0. The van der Waals surface area contributed by atoms with Crippen LogP contribution in [0.5, 0.6) is 0 Å². The molecule has 0 radical (unpaired) electrons. The molecule has 1 rings (SSSR count). The summed E-state index contributed by atoms with van der Waals surface area (Å²) in [5, 5.41) is 3.51. The van der Waals surface area contributed by atoms with Gasteiger partial charge in [0.1, 0.15) is 0 Å². The zero-order valence-corrected chi connectivity index (χ0v) is 12.8. The van der Waals surface area contributed by atoms with Gasteiger partial charge in [-0.15, -0.1) is 0 Å². The van der Waals surface area contributed by atoms with E-state index in [0.717, 1.165) is 26.2 Å². The Kier molecular flexibility index (Phi) is 6.05. The van der Waals surface area contributed by atoms with Crippen molar-refractivity contribution in [2.75, 3.05) is 33.4 Å². The van der Waals surface area contributed by atoms with Gasteiger partial charge in [0, 0.05) is 38.8 Å². The fourth-order valence-electron chi connectivity index (χ4n) is 2.64. The minimum absolute atomic E-state index is 0.0680. The van der Waals surface area contributed by atoms with Crippen LogP contribution in [-0.4, -0.2) is 62.0 Å². The zero-order chi connectivity index (χ0) is 13.8. The second-order valence-corrected chi connectivity index (χ2v) is 6.29. The molecule has 0 spiro atoms. The fraction of sp³-hybridized carbons (Fsp3) is 1.00. The maximum atomic E-state index is 5.95. The molecule has 1 saturated heterocycles. The van der Waals surface area contributed by atoms with Crippen LogP contribution in [0.15, 0.2) is 0 Å². The molecule has 1 fully saturated rings. The van der Waals surface area contributed by atoms with Gasteiger partial charge in [0.2, 0.25) is 0 Å². The number of ether oxygens (including phenoxy) is 2. The van der Waals surface area contributed by atoms with Crippen LogP contribution >= 0.6 is 0 Å². The highest BCUT2D eigenvalue weighted by Crippen LogP contribution is 2.22. The minimum atomic E-state index is -0.0680. The Labute approximate surface area is 112 Å². The van der Waals surface area contributed by atoms with Crippen LogP contribution in [0.4, 0.5) is 0 Å². The molecule has 4 nitrogen and oxygen atoms in total. The third kappa shape index (κ3) is 5.22. The van der Waals surface area contributed by atoms with Crippen molar-refractivity contribution >= 4 is 0 Å². The number of nitrogens with one attached hydrogen (secondary N) is 1. The molecule has 0 aromatic rings. The van der Waals surface area contributed by atoms with Gasteiger partial charge in [0.15, 0.2) is 0 Å². The van der Waals surface area contributed by atoms with E-state index in [1.54, 1.807) is 7.11 Å². The summed E-state index contributed by atoms with van der Waals surface area (Å²) in [5.41, 5.74) is -0.0680. The summed E-state index contributed by atoms with van der Waals surface area (Å²) in [6.45, 7) is 14.5. The average Bonchev–Trinajstić information content (AvgIpc) is 2.20. The molecule has 1 heterocycles.